The van der Waals surface area contributed by atoms with Crippen LogP contribution in [0.25, 0.3) is 5.69 Å². The standard InChI is InChI=1S/C13H14ClN3.ClH/c1-15-13-8-12(9-5-6-9)16-17(13)11-4-2-3-10(14)7-11;/h2-4,7-9,15H,5-6H2,1H3;1H. The summed E-state index contributed by atoms with van der Waals surface area (Å²) < 4.78 is 1.92. The third kappa shape index (κ3) is 2.47. The molecule has 5 heteroatoms. The Labute approximate surface area is 118 Å². The zero-order valence-electron chi connectivity index (χ0n) is 10.1. The van der Waals surface area contributed by atoms with E-state index in [1.54, 1.807) is 0 Å². The van der Waals surface area contributed by atoms with E-state index in [1.165, 1.54) is 18.5 Å². The summed E-state index contributed by atoms with van der Waals surface area (Å²) in [7, 11) is 1.91. The quantitative estimate of drug-likeness (QED) is 0.927. The van der Waals surface area contributed by atoms with Crippen LogP contribution in [0.1, 0.15) is 24.5 Å². The highest BCUT2D eigenvalue weighted by atomic mass is 35.5. The fourth-order valence-electron chi connectivity index (χ4n) is 1.96. The number of benzene rings is 1. The van der Waals surface area contributed by atoms with Crippen molar-refractivity contribution in [2.45, 2.75) is 18.8 Å². The number of rotatable bonds is 3. The zero-order chi connectivity index (χ0) is 11.8. The lowest BCUT2D eigenvalue weighted by molar-refractivity contribution is 0.841. The Morgan fingerprint density at radius 3 is 2.72 bits per heavy atom. The number of hydrogen-bond donors (Lipinski definition) is 1. The molecular weight excluding hydrogens is 269 g/mol. The molecule has 1 aromatic carbocycles. The molecule has 18 heavy (non-hydrogen) atoms. The fraction of sp³-hybridized carbons (Fsp3) is 0.308. The van der Waals surface area contributed by atoms with Crippen LogP contribution in [-0.2, 0) is 0 Å². The van der Waals surface area contributed by atoms with E-state index in [1.807, 2.05) is 36.0 Å². The smallest absolute Gasteiger partial charge is 0.129 e. The van der Waals surface area contributed by atoms with Gasteiger partial charge in [-0.25, -0.2) is 4.68 Å². The van der Waals surface area contributed by atoms with Crippen molar-refractivity contribution in [1.82, 2.24) is 9.78 Å². The van der Waals surface area contributed by atoms with E-state index in [9.17, 15) is 0 Å². The summed E-state index contributed by atoms with van der Waals surface area (Å²) in [6.45, 7) is 0. The highest BCUT2D eigenvalue weighted by Gasteiger charge is 2.27. The molecule has 1 aliphatic rings. The summed E-state index contributed by atoms with van der Waals surface area (Å²) in [6.07, 6.45) is 2.52. The van der Waals surface area contributed by atoms with Crippen molar-refractivity contribution >= 4 is 29.8 Å². The molecule has 0 unspecified atom stereocenters. The van der Waals surface area contributed by atoms with Gasteiger partial charge in [-0.15, -0.1) is 12.4 Å². The van der Waals surface area contributed by atoms with Crippen LogP contribution in [0.5, 0.6) is 0 Å². The van der Waals surface area contributed by atoms with Gasteiger partial charge in [0.25, 0.3) is 0 Å². The average Bonchev–Trinajstić information content (AvgIpc) is 3.09. The number of nitrogens with one attached hydrogen (secondary N) is 1. The molecule has 3 rings (SSSR count). The predicted molar refractivity (Wildman–Crippen MR) is 77.3 cm³/mol. The fourth-order valence-corrected chi connectivity index (χ4v) is 2.15. The first-order valence-corrected chi connectivity index (χ1v) is 6.19. The second-order valence-electron chi connectivity index (χ2n) is 4.37. The maximum absolute atomic E-state index is 6.01. The Bertz CT molecular complexity index is 547. The van der Waals surface area contributed by atoms with E-state index in [0.29, 0.717) is 5.92 Å². The van der Waals surface area contributed by atoms with Crippen LogP contribution in [0.3, 0.4) is 0 Å². The van der Waals surface area contributed by atoms with Crippen molar-refractivity contribution < 1.29 is 0 Å². The van der Waals surface area contributed by atoms with Gasteiger partial charge in [-0.3, -0.25) is 0 Å². The van der Waals surface area contributed by atoms with E-state index in [4.69, 9.17) is 11.6 Å². The van der Waals surface area contributed by atoms with Gasteiger partial charge >= 0.3 is 0 Å². The Kier molecular flexibility index (Phi) is 3.83. The van der Waals surface area contributed by atoms with Gasteiger partial charge in [-0.2, -0.15) is 5.10 Å². The van der Waals surface area contributed by atoms with Crippen LogP contribution in [0.4, 0.5) is 5.82 Å². The maximum Gasteiger partial charge on any atom is 0.129 e. The van der Waals surface area contributed by atoms with Crippen molar-refractivity contribution in [2.75, 3.05) is 12.4 Å². The first-order chi connectivity index (χ1) is 8.28. The van der Waals surface area contributed by atoms with Crippen molar-refractivity contribution in [1.29, 1.82) is 0 Å². The molecule has 1 fully saturated rings. The molecule has 0 saturated heterocycles. The topological polar surface area (TPSA) is 29.9 Å². The van der Waals surface area contributed by atoms with Gasteiger partial charge in [0.2, 0.25) is 0 Å². The van der Waals surface area contributed by atoms with Gasteiger partial charge < -0.3 is 5.32 Å². The molecule has 0 bridgehead atoms. The van der Waals surface area contributed by atoms with Crippen molar-refractivity contribution in [3.63, 3.8) is 0 Å². The third-order valence-corrected chi connectivity index (χ3v) is 3.27. The molecule has 0 spiro atoms. The largest absolute Gasteiger partial charge is 0.373 e. The molecule has 2 aromatic rings. The Balaban J connectivity index is 0.00000120. The molecule has 1 aromatic heterocycles. The predicted octanol–water partition coefficient (Wildman–Crippen LogP) is 3.87. The molecule has 1 saturated carbocycles. The van der Waals surface area contributed by atoms with Crippen molar-refractivity contribution in [3.8, 4) is 5.69 Å². The van der Waals surface area contributed by atoms with Gasteiger partial charge in [0.05, 0.1) is 11.4 Å². The summed E-state index contributed by atoms with van der Waals surface area (Å²) in [6, 6.07) is 9.87. The number of aromatic nitrogens is 2. The summed E-state index contributed by atoms with van der Waals surface area (Å²) in [5.74, 6) is 1.66. The third-order valence-electron chi connectivity index (χ3n) is 3.03. The highest BCUT2D eigenvalue weighted by molar-refractivity contribution is 6.30. The molecule has 96 valence electrons. The van der Waals surface area contributed by atoms with E-state index >= 15 is 0 Å². The van der Waals surface area contributed by atoms with E-state index in [2.05, 4.69) is 16.5 Å². The second kappa shape index (κ2) is 5.21. The molecule has 0 aliphatic heterocycles. The summed E-state index contributed by atoms with van der Waals surface area (Å²) >= 11 is 6.01. The molecule has 0 amide bonds. The SMILES string of the molecule is CNc1cc(C2CC2)nn1-c1cccc(Cl)c1.Cl. The molecular formula is C13H15Cl2N3. The molecule has 0 atom stereocenters. The van der Waals surface area contributed by atoms with Crippen LogP contribution >= 0.6 is 24.0 Å². The Morgan fingerprint density at radius 2 is 2.11 bits per heavy atom. The number of halogens is 2. The van der Waals surface area contributed by atoms with E-state index in [0.717, 1.165) is 16.5 Å². The minimum absolute atomic E-state index is 0. The van der Waals surface area contributed by atoms with Crippen LogP contribution in [0, 0.1) is 0 Å². The summed E-state index contributed by atoms with van der Waals surface area (Å²) in [4.78, 5) is 0. The Hall–Kier alpha value is -1.19. The van der Waals surface area contributed by atoms with Crippen molar-refractivity contribution in [2.24, 2.45) is 0 Å². The first-order valence-electron chi connectivity index (χ1n) is 5.81. The van der Waals surface area contributed by atoms with Crippen LogP contribution < -0.4 is 5.32 Å². The first kappa shape index (κ1) is 13.2. The second-order valence-corrected chi connectivity index (χ2v) is 4.81. The van der Waals surface area contributed by atoms with Gasteiger partial charge in [-0.05, 0) is 31.0 Å². The van der Waals surface area contributed by atoms with Crippen molar-refractivity contribution in [3.05, 3.63) is 41.0 Å². The van der Waals surface area contributed by atoms with Gasteiger partial charge in [0, 0.05) is 24.1 Å². The Morgan fingerprint density at radius 1 is 1.33 bits per heavy atom. The average molecular weight is 284 g/mol. The normalized spacial score (nSPS) is 14.1. The number of anilines is 1. The molecule has 3 nitrogen and oxygen atoms in total. The molecule has 1 aliphatic carbocycles. The van der Waals surface area contributed by atoms with Crippen LogP contribution in [0.2, 0.25) is 5.02 Å². The lowest BCUT2D eigenvalue weighted by Crippen LogP contribution is -2.02. The van der Waals surface area contributed by atoms with E-state index in [-0.39, 0.29) is 12.4 Å². The number of nitrogens with zero attached hydrogens (tertiary/aromatic N) is 2. The van der Waals surface area contributed by atoms with Crippen LogP contribution in [-0.4, -0.2) is 16.8 Å². The minimum Gasteiger partial charge on any atom is -0.373 e. The minimum atomic E-state index is 0. The summed E-state index contributed by atoms with van der Waals surface area (Å²) in [5.41, 5.74) is 2.17. The lowest BCUT2D eigenvalue weighted by atomic mass is 10.3. The van der Waals surface area contributed by atoms with Gasteiger partial charge in [0.1, 0.15) is 5.82 Å². The van der Waals surface area contributed by atoms with Gasteiger partial charge in [0.15, 0.2) is 0 Å². The lowest BCUT2D eigenvalue weighted by Gasteiger charge is -2.06. The number of hydrogen-bond acceptors (Lipinski definition) is 2. The monoisotopic (exact) mass is 283 g/mol. The van der Waals surface area contributed by atoms with E-state index < -0.39 is 0 Å². The molecule has 1 N–H and O–H groups in total. The maximum atomic E-state index is 6.01. The zero-order valence-corrected chi connectivity index (χ0v) is 11.6. The van der Waals surface area contributed by atoms with Gasteiger partial charge in [-0.1, -0.05) is 17.7 Å². The highest BCUT2D eigenvalue weighted by Crippen LogP contribution is 2.40. The molecule has 0 radical (unpaired) electrons. The molecule has 1 heterocycles. The summed E-state index contributed by atoms with van der Waals surface area (Å²) in [5, 5.41) is 8.55. The van der Waals surface area contributed by atoms with Crippen LogP contribution in [0.15, 0.2) is 30.3 Å².